The second-order valence-corrected chi connectivity index (χ2v) is 3.45. The van der Waals surface area contributed by atoms with Gasteiger partial charge < -0.3 is 15.2 Å². The van der Waals surface area contributed by atoms with Gasteiger partial charge in [0.25, 0.3) is 0 Å². The summed E-state index contributed by atoms with van der Waals surface area (Å²) in [6.45, 7) is 1.65. The van der Waals surface area contributed by atoms with Crippen LogP contribution in [0, 0.1) is 0 Å². The third-order valence-electron chi connectivity index (χ3n) is 2.43. The van der Waals surface area contributed by atoms with Gasteiger partial charge in [-0.05, 0) is 13.0 Å². The minimum Gasteiger partial charge on any atom is -0.478 e. The number of carboxylic acid groups (broad SMARTS) is 1. The first-order valence-electron chi connectivity index (χ1n) is 4.62. The third-order valence-corrected chi connectivity index (χ3v) is 2.43. The van der Waals surface area contributed by atoms with Crippen LogP contribution in [0.4, 0.5) is 0 Å². The van der Waals surface area contributed by atoms with Crippen molar-refractivity contribution in [3.05, 3.63) is 35.5 Å². The van der Waals surface area contributed by atoms with Crippen molar-refractivity contribution in [2.75, 3.05) is 0 Å². The summed E-state index contributed by atoms with van der Waals surface area (Å²) < 4.78 is 0. The van der Waals surface area contributed by atoms with E-state index in [1.54, 1.807) is 25.3 Å². The molecule has 1 aromatic heterocycles. The lowest BCUT2D eigenvalue weighted by Crippen LogP contribution is -1.97. The number of hydrogen-bond acceptors (Lipinski definition) is 2. The zero-order valence-corrected chi connectivity index (χ0v) is 8.19. The Morgan fingerprint density at radius 1 is 1.47 bits per heavy atom. The Kier molecular flexibility index (Phi) is 2.21. The Bertz CT molecular complexity index is 514. The van der Waals surface area contributed by atoms with E-state index in [0.717, 1.165) is 5.39 Å². The highest BCUT2D eigenvalue weighted by Crippen LogP contribution is 2.26. The minimum absolute atomic E-state index is 0.222. The maximum Gasteiger partial charge on any atom is 0.337 e. The third kappa shape index (κ3) is 1.49. The Labute approximate surface area is 86.2 Å². The Morgan fingerprint density at radius 2 is 2.20 bits per heavy atom. The molecule has 0 spiro atoms. The standard InChI is InChI=1S/C11H11NO3/c1-6(13)9-5-12-10-7(9)3-2-4-8(10)11(14)15/h2-6,12-13H,1H3,(H,14,15). The number of para-hydroxylation sites is 1. The molecule has 0 amide bonds. The highest BCUT2D eigenvalue weighted by molar-refractivity contribution is 6.03. The lowest BCUT2D eigenvalue weighted by atomic mass is 10.1. The molecule has 0 fully saturated rings. The van der Waals surface area contributed by atoms with E-state index in [1.807, 2.05) is 0 Å². The van der Waals surface area contributed by atoms with Crippen molar-refractivity contribution in [3.8, 4) is 0 Å². The lowest BCUT2D eigenvalue weighted by molar-refractivity contribution is 0.0699. The van der Waals surface area contributed by atoms with Crippen LogP contribution in [0.1, 0.15) is 28.9 Å². The summed E-state index contributed by atoms with van der Waals surface area (Å²) >= 11 is 0. The highest BCUT2D eigenvalue weighted by Gasteiger charge is 2.13. The Hall–Kier alpha value is -1.81. The van der Waals surface area contributed by atoms with Gasteiger partial charge in [0.1, 0.15) is 0 Å². The minimum atomic E-state index is -0.973. The van der Waals surface area contributed by atoms with Gasteiger partial charge in [-0.2, -0.15) is 0 Å². The number of nitrogens with one attached hydrogen (secondary N) is 1. The van der Waals surface area contributed by atoms with E-state index < -0.39 is 12.1 Å². The lowest BCUT2D eigenvalue weighted by Gasteiger charge is -2.02. The molecule has 0 aliphatic carbocycles. The van der Waals surface area contributed by atoms with Gasteiger partial charge in [-0.3, -0.25) is 0 Å². The SMILES string of the molecule is CC(O)c1c[nH]c2c(C(=O)O)cccc12. The summed E-state index contributed by atoms with van der Waals surface area (Å²) in [5, 5.41) is 19.2. The van der Waals surface area contributed by atoms with E-state index in [9.17, 15) is 9.90 Å². The van der Waals surface area contributed by atoms with Crippen molar-refractivity contribution in [1.29, 1.82) is 0 Å². The van der Waals surface area contributed by atoms with Crippen LogP contribution in [-0.2, 0) is 0 Å². The zero-order chi connectivity index (χ0) is 11.0. The van der Waals surface area contributed by atoms with Crippen molar-refractivity contribution in [2.24, 2.45) is 0 Å². The number of aromatic nitrogens is 1. The molecule has 15 heavy (non-hydrogen) atoms. The summed E-state index contributed by atoms with van der Waals surface area (Å²) in [6, 6.07) is 5.00. The van der Waals surface area contributed by atoms with Crippen LogP contribution in [0.15, 0.2) is 24.4 Å². The summed E-state index contributed by atoms with van der Waals surface area (Å²) in [4.78, 5) is 13.8. The van der Waals surface area contributed by atoms with Crippen LogP contribution in [0.2, 0.25) is 0 Å². The van der Waals surface area contributed by atoms with E-state index in [4.69, 9.17) is 5.11 Å². The molecule has 4 nitrogen and oxygen atoms in total. The fourth-order valence-electron chi connectivity index (χ4n) is 1.70. The van der Waals surface area contributed by atoms with Crippen LogP contribution in [0.3, 0.4) is 0 Å². The molecule has 2 rings (SSSR count). The second-order valence-electron chi connectivity index (χ2n) is 3.45. The first-order valence-corrected chi connectivity index (χ1v) is 4.62. The van der Waals surface area contributed by atoms with E-state index in [-0.39, 0.29) is 5.56 Å². The highest BCUT2D eigenvalue weighted by atomic mass is 16.4. The monoisotopic (exact) mass is 205 g/mol. The van der Waals surface area contributed by atoms with Gasteiger partial charge in [0.05, 0.1) is 17.2 Å². The number of aromatic carboxylic acids is 1. The quantitative estimate of drug-likeness (QED) is 0.701. The molecule has 1 aromatic carbocycles. The molecule has 0 aliphatic heterocycles. The molecule has 2 aromatic rings. The number of H-pyrrole nitrogens is 1. The molecule has 1 heterocycles. The number of hydrogen-bond donors (Lipinski definition) is 3. The number of carbonyl (C=O) groups is 1. The molecular formula is C11H11NO3. The van der Waals surface area contributed by atoms with Gasteiger partial charge in [-0.25, -0.2) is 4.79 Å². The molecule has 0 radical (unpaired) electrons. The van der Waals surface area contributed by atoms with E-state index >= 15 is 0 Å². The maximum atomic E-state index is 10.9. The molecule has 1 atom stereocenters. The van der Waals surface area contributed by atoms with Crippen LogP contribution in [0.5, 0.6) is 0 Å². The van der Waals surface area contributed by atoms with Gasteiger partial charge in [-0.1, -0.05) is 12.1 Å². The summed E-state index contributed by atoms with van der Waals surface area (Å²) in [5.74, 6) is -0.973. The predicted molar refractivity (Wildman–Crippen MR) is 55.9 cm³/mol. The summed E-state index contributed by atoms with van der Waals surface area (Å²) in [7, 11) is 0. The van der Waals surface area contributed by atoms with Crippen LogP contribution < -0.4 is 0 Å². The van der Waals surface area contributed by atoms with Gasteiger partial charge in [-0.15, -0.1) is 0 Å². The average molecular weight is 205 g/mol. The van der Waals surface area contributed by atoms with Gasteiger partial charge in [0, 0.05) is 17.1 Å². The van der Waals surface area contributed by atoms with E-state index in [1.165, 1.54) is 6.07 Å². The normalized spacial score (nSPS) is 12.9. The van der Waals surface area contributed by atoms with Crippen molar-refractivity contribution in [3.63, 3.8) is 0 Å². The van der Waals surface area contributed by atoms with Gasteiger partial charge >= 0.3 is 5.97 Å². The van der Waals surface area contributed by atoms with Gasteiger partial charge in [0.2, 0.25) is 0 Å². The Morgan fingerprint density at radius 3 is 2.80 bits per heavy atom. The van der Waals surface area contributed by atoms with Crippen molar-refractivity contribution >= 4 is 16.9 Å². The van der Waals surface area contributed by atoms with E-state index in [0.29, 0.717) is 11.1 Å². The molecule has 3 N–H and O–H groups in total. The number of aliphatic hydroxyl groups is 1. The fraction of sp³-hybridized carbons (Fsp3) is 0.182. The number of aromatic amines is 1. The molecule has 1 unspecified atom stereocenters. The molecule has 0 saturated carbocycles. The predicted octanol–water partition coefficient (Wildman–Crippen LogP) is 1.92. The molecule has 0 saturated heterocycles. The van der Waals surface area contributed by atoms with Crippen LogP contribution in [-0.4, -0.2) is 21.2 Å². The molecular weight excluding hydrogens is 194 g/mol. The average Bonchev–Trinajstić information content (AvgIpc) is 2.59. The molecule has 0 bridgehead atoms. The number of aliphatic hydroxyl groups excluding tert-OH is 1. The zero-order valence-electron chi connectivity index (χ0n) is 8.19. The summed E-state index contributed by atoms with van der Waals surface area (Å²) in [5.41, 5.74) is 1.49. The van der Waals surface area contributed by atoms with E-state index in [2.05, 4.69) is 4.98 Å². The van der Waals surface area contributed by atoms with Crippen molar-refractivity contribution in [1.82, 2.24) is 4.98 Å². The summed E-state index contributed by atoms with van der Waals surface area (Å²) in [6.07, 6.45) is 1.03. The van der Waals surface area contributed by atoms with Crippen LogP contribution >= 0.6 is 0 Å². The van der Waals surface area contributed by atoms with Crippen molar-refractivity contribution in [2.45, 2.75) is 13.0 Å². The smallest absolute Gasteiger partial charge is 0.337 e. The molecule has 78 valence electrons. The number of fused-ring (bicyclic) bond motifs is 1. The number of rotatable bonds is 2. The van der Waals surface area contributed by atoms with Crippen molar-refractivity contribution < 1.29 is 15.0 Å². The second kappa shape index (κ2) is 3.40. The van der Waals surface area contributed by atoms with Gasteiger partial charge in [0.15, 0.2) is 0 Å². The maximum absolute atomic E-state index is 10.9. The molecule has 0 aliphatic rings. The fourth-order valence-corrected chi connectivity index (χ4v) is 1.70. The first-order chi connectivity index (χ1) is 7.11. The largest absolute Gasteiger partial charge is 0.478 e. The Balaban J connectivity index is 2.74. The van der Waals surface area contributed by atoms with Crippen LogP contribution in [0.25, 0.3) is 10.9 Å². The number of carboxylic acids is 1. The first kappa shape index (κ1) is 9.73. The number of benzene rings is 1. The topological polar surface area (TPSA) is 73.3 Å². The molecule has 4 heteroatoms.